The fourth-order valence-corrected chi connectivity index (χ4v) is 2.65. The van der Waals surface area contributed by atoms with Crippen molar-refractivity contribution in [3.05, 3.63) is 41.3 Å². The maximum Gasteiger partial charge on any atom is 0.192 e. The molecule has 1 atom stereocenters. The molecule has 1 aromatic carbocycles. The number of benzene rings is 1. The average molecular weight is 301 g/mol. The molecule has 0 saturated carbocycles. The Morgan fingerprint density at radius 1 is 1.41 bits per heavy atom. The van der Waals surface area contributed by atoms with Crippen molar-refractivity contribution < 1.29 is 9.52 Å². The SMILES string of the molecule is CC(=CCCc1ccc2oc(C)nc2c1)CCCC(C)CO. The van der Waals surface area contributed by atoms with Crippen molar-refractivity contribution >= 4 is 11.1 Å². The molecule has 2 aromatic rings. The molecule has 2 rings (SSSR count). The number of aryl methyl sites for hydroxylation is 2. The van der Waals surface area contributed by atoms with Crippen LogP contribution in [-0.4, -0.2) is 16.7 Å². The van der Waals surface area contributed by atoms with Gasteiger partial charge in [0.25, 0.3) is 0 Å². The lowest BCUT2D eigenvalue weighted by molar-refractivity contribution is 0.228. The number of fused-ring (bicyclic) bond motifs is 1. The molecular weight excluding hydrogens is 274 g/mol. The van der Waals surface area contributed by atoms with Gasteiger partial charge in [-0.15, -0.1) is 0 Å². The van der Waals surface area contributed by atoms with Crippen LogP contribution in [0.1, 0.15) is 51.0 Å². The predicted molar refractivity (Wildman–Crippen MR) is 90.9 cm³/mol. The Bertz CT molecular complexity index is 627. The summed E-state index contributed by atoms with van der Waals surface area (Å²) in [4.78, 5) is 4.38. The van der Waals surface area contributed by atoms with Gasteiger partial charge in [0.15, 0.2) is 11.5 Å². The van der Waals surface area contributed by atoms with Gasteiger partial charge in [0.1, 0.15) is 5.52 Å². The number of aliphatic hydroxyl groups excluding tert-OH is 1. The minimum Gasteiger partial charge on any atom is -0.441 e. The van der Waals surface area contributed by atoms with Gasteiger partial charge in [-0.2, -0.15) is 0 Å². The van der Waals surface area contributed by atoms with Gasteiger partial charge in [-0.05, 0) is 62.6 Å². The summed E-state index contributed by atoms with van der Waals surface area (Å²) >= 11 is 0. The number of hydrogen-bond donors (Lipinski definition) is 1. The van der Waals surface area contributed by atoms with E-state index in [0.717, 1.165) is 49.1 Å². The van der Waals surface area contributed by atoms with E-state index in [9.17, 15) is 0 Å². The van der Waals surface area contributed by atoms with E-state index in [2.05, 4.69) is 37.0 Å². The molecule has 1 heterocycles. The van der Waals surface area contributed by atoms with E-state index in [1.54, 1.807) is 0 Å². The monoisotopic (exact) mass is 301 g/mol. The van der Waals surface area contributed by atoms with Crippen LogP contribution < -0.4 is 0 Å². The predicted octanol–water partition coefficient (Wildman–Crippen LogP) is 4.81. The number of aliphatic hydroxyl groups is 1. The number of aromatic nitrogens is 1. The third-order valence-corrected chi connectivity index (χ3v) is 4.06. The van der Waals surface area contributed by atoms with Crippen LogP contribution >= 0.6 is 0 Å². The van der Waals surface area contributed by atoms with Crippen LogP contribution in [0.25, 0.3) is 11.1 Å². The molecule has 0 aliphatic heterocycles. The minimum absolute atomic E-state index is 0.298. The van der Waals surface area contributed by atoms with E-state index in [-0.39, 0.29) is 0 Å². The Kier molecular flexibility index (Phi) is 6.20. The van der Waals surface area contributed by atoms with Crippen LogP contribution in [0, 0.1) is 12.8 Å². The zero-order chi connectivity index (χ0) is 15.9. The molecule has 0 amide bonds. The molecule has 0 aliphatic rings. The van der Waals surface area contributed by atoms with Crippen LogP contribution in [0.4, 0.5) is 0 Å². The maximum atomic E-state index is 9.02. The van der Waals surface area contributed by atoms with Crippen LogP contribution in [-0.2, 0) is 6.42 Å². The van der Waals surface area contributed by atoms with Gasteiger partial charge < -0.3 is 9.52 Å². The fourth-order valence-electron chi connectivity index (χ4n) is 2.65. The zero-order valence-corrected chi connectivity index (χ0v) is 13.9. The summed E-state index contributed by atoms with van der Waals surface area (Å²) in [5, 5.41) is 9.02. The van der Waals surface area contributed by atoms with Crippen molar-refractivity contribution in [2.45, 2.75) is 52.9 Å². The summed E-state index contributed by atoms with van der Waals surface area (Å²) in [7, 11) is 0. The largest absolute Gasteiger partial charge is 0.441 e. The Labute approximate surface area is 133 Å². The topological polar surface area (TPSA) is 46.3 Å². The van der Waals surface area contributed by atoms with Gasteiger partial charge in [0, 0.05) is 13.5 Å². The second-order valence-electron chi connectivity index (χ2n) is 6.30. The highest BCUT2D eigenvalue weighted by atomic mass is 16.3. The number of oxazole rings is 1. The highest BCUT2D eigenvalue weighted by Crippen LogP contribution is 2.18. The van der Waals surface area contributed by atoms with Gasteiger partial charge in [-0.25, -0.2) is 4.98 Å². The van der Waals surface area contributed by atoms with E-state index in [1.807, 2.05) is 13.0 Å². The molecule has 0 spiro atoms. The van der Waals surface area contributed by atoms with Gasteiger partial charge in [-0.3, -0.25) is 0 Å². The molecule has 0 fully saturated rings. The molecule has 0 saturated heterocycles. The normalized spacial score (nSPS) is 13.7. The summed E-state index contributed by atoms with van der Waals surface area (Å²) in [6.45, 7) is 6.48. The number of allylic oxidation sites excluding steroid dienone is 2. The Morgan fingerprint density at radius 2 is 2.23 bits per heavy atom. The minimum atomic E-state index is 0.298. The molecule has 1 unspecified atom stereocenters. The lowest BCUT2D eigenvalue weighted by Gasteiger charge is -2.07. The van der Waals surface area contributed by atoms with Crippen molar-refractivity contribution in [1.82, 2.24) is 4.98 Å². The van der Waals surface area contributed by atoms with Crippen molar-refractivity contribution in [3.8, 4) is 0 Å². The molecule has 22 heavy (non-hydrogen) atoms. The van der Waals surface area contributed by atoms with Gasteiger partial charge >= 0.3 is 0 Å². The second-order valence-corrected chi connectivity index (χ2v) is 6.30. The molecule has 1 N–H and O–H groups in total. The third kappa shape index (κ3) is 4.99. The Morgan fingerprint density at radius 3 is 3.00 bits per heavy atom. The van der Waals surface area contributed by atoms with Gasteiger partial charge in [-0.1, -0.05) is 24.6 Å². The van der Waals surface area contributed by atoms with Crippen LogP contribution in [0.2, 0.25) is 0 Å². The first-order chi connectivity index (χ1) is 10.6. The molecule has 0 aliphatic carbocycles. The first kappa shape index (κ1) is 16.8. The summed E-state index contributed by atoms with van der Waals surface area (Å²) < 4.78 is 5.50. The van der Waals surface area contributed by atoms with E-state index < -0.39 is 0 Å². The molecule has 0 radical (unpaired) electrons. The quantitative estimate of drug-likeness (QED) is 0.711. The third-order valence-electron chi connectivity index (χ3n) is 4.06. The molecule has 0 bridgehead atoms. The van der Waals surface area contributed by atoms with Crippen molar-refractivity contribution in [2.75, 3.05) is 6.61 Å². The lowest BCUT2D eigenvalue weighted by atomic mass is 10.0. The van der Waals surface area contributed by atoms with Crippen LogP contribution in [0.5, 0.6) is 0 Å². The van der Waals surface area contributed by atoms with Crippen LogP contribution in [0.3, 0.4) is 0 Å². The highest BCUT2D eigenvalue weighted by molar-refractivity contribution is 5.73. The van der Waals surface area contributed by atoms with Crippen molar-refractivity contribution in [2.24, 2.45) is 5.92 Å². The second kappa shape index (κ2) is 8.14. The smallest absolute Gasteiger partial charge is 0.192 e. The van der Waals surface area contributed by atoms with E-state index in [4.69, 9.17) is 9.52 Å². The van der Waals surface area contributed by atoms with Crippen molar-refractivity contribution in [3.63, 3.8) is 0 Å². The van der Waals surface area contributed by atoms with Crippen LogP contribution in [0.15, 0.2) is 34.3 Å². The summed E-state index contributed by atoms with van der Waals surface area (Å²) in [6.07, 6.45) is 7.82. The zero-order valence-electron chi connectivity index (χ0n) is 13.9. The van der Waals surface area contributed by atoms with E-state index >= 15 is 0 Å². The van der Waals surface area contributed by atoms with E-state index in [0.29, 0.717) is 12.5 Å². The summed E-state index contributed by atoms with van der Waals surface area (Å²) in [6, 6.07) is 6.26. The highest BCUT2D eigenvalue weighted by Gasteiger charge is 2.03. The van der Waals surface area contributed by atoms with Gasteiger partial charge in [0.2, 0.25) is 0 Å². The first-order valence-electron chi connectivity index (χ1n) is 8.21. The van der Waals surface area contributed by atoms with Crippen molar-refractivity contribution in [1.29, 1.82) is 0 Å². The summed E-state index contributed by atoms with van der Waals surface area (Å²) in [5.74, 6) is 1.14. The fraction of sp³-hybridized carbons (Fsp3) is 0.526. The summed E-state index contributed by atoms with van der Waals surface area (Å²) in [5.41, 5.74) is 4.57. The van der Waals surface area contributed by atoms with E-state index in [1.165, 1.54) is 11.1 Å². The van der Waals surface area contributed by atoms with Gasteiger partial charge in [0.05, 0.1) is 0 Å². The molecule has 3 heteroatoms. The number of nitrogens with zero attached hydrogens (tertiary/aromatic N) is 1. The molecule has 1 aromatic heterocycles. The first-order valence-corrected chi connectivity index (χ1v) is 8.21. The number of hydrogen-bond acceptors (Lipinski definition) is 3. The lowest BCUT2D eigenvalue weighted by Crippen LogP contribution is -1.99. The molecular formula is C19H27NO2. The maximum absolute atomic E-state index is 9.02. The standard InChI is InChI=1S/C19H27NO2/c1-14(6-4-8-15(2)13-21)7-5-9-17-10-11-19-18(12-17)20-16(3)22-19/h7,10-12,15,21H,4-6,8-9,13H2,1-3H3. The Hall–Kier alpha value is -1.61. The Balaban J connectivity index is 1.79. The average Bonchev–Trinajstić information content (AvgIpc) is 2.86. The molecule has 120 valence electrons. The molecule has 3 nitrogen and oxygen atoms in total. The number of rotatable bonds is 8.